The molecule has 8 rings (SSSR count). The number of aliphatic hydroxyl groups is 1. The average molecular weight is 917 g/mol. The Kier molecular flexibility index (Phi) is 12.4. The number of nitrogens with zero attached hydrogens (tertiary/aromatic N) is 8. The number of nitrogens with one attached hydrogen (secondary N) is 2. The van der Waals surface area contributed by atoms with E-state index in [1.165, 1.54) is 12.0 Å². The van der Waals surface area contributed by atoms with Crippen molar-refractivity contribution >= 4 is 52.1 Å². The predicted octanol–water partition coefficient (Wildman–Crippen LogP) is 6.31. The number of aliphatic imine (C=N–C) groups is 1. The highest BCUT2D eigenvalue weighted by molar-refractivity contribution is 7.15. The first-order chi connectivity index (χ1) is 30.9. The second kappa shape index (κ2) is 17.9. The van der Waals surface area contributed by atoms with Gasteiger partial charge in [0.25, 0.3) is 5.91 Å². The van der Waals surface area contributed by atoms with Gasteiger partial charge in [-0.1, -0.05) is 57.2 Å². The van der Waals surface area contributed by atoms with Crippen molar-refractivity contribution in [2.24, 2.45) is 10.4 Å². The summed E-state index contributed by atoms with van der Waals surface area (Å²) in [6.45, 7) is 15.3. The Hall–Kier alpha value is -6.37. The number of carbonyl (C=O) groups is 4. The molecule has 6 aromatic rings. The summed E-state index contributed by atoms with van der Waals surface area (Å²) in [5.41, 5.74) is 8.20. The molecule has 1 fully saturated rings. The van der Waals surface area contributed by atoms with E-state index in [0.717, 1.165) is 48.3 Å². The average Bonchev–Trinajstić information content (AvgIpc) is 4.12. The number of ether oxygens (including phenoxy) is 1. The zero-order chi connectivity index (χ0) is 46.5. The maximum absolute atomic E-state index is 14.4. The molecule has 5 atom stereocenters. The van der Waals surface area contributed by atoms with Gasteiger partial charge in [0, 0.05) is 35.2 Å². The molecule has 2 aromatic carbocycles. The first-order valence-electron chi connectivity index (χ1n) is 21.4. The van der Waals surface area contributed by atoms with Crippen molar-refractivity contribution in [3.63, 3.8) is 0 Å². The van der Waals surface area contributed by atoms with Gasteiger partial charge < -0.3 is 25.4 Å². The van der Waals surface area contributed by atoms with Crippen LogP contribution < -0.4 is 10.6 Å². The lowest BCUT2D eigenvalue weighted by Crippen LogP contribution is -2.57. The number of fused-ring (bicyclic) bond motifs is 3. The van der Waals surface area contributed by atoms with Gasteiger partial charge in [0.2, 0.25) is 11.8 Å². The van der Waals surface area contributed by atoms with Crippen LogP contribution >= 0.6 is 22.7 Å². The smallest absolute Gasteiger partial charge is 0.308 e. The largest absolute Gasteiger partial charge is 0.469 e. The maximum atomic E-state index is 14.4. The third-order valence-electron chi connectivity index (χ3n) is 12.1. The lowest BCUT2D eigenvalue weighted by molar-refractivity contribution is -0.142. The van der Waals surface area contributed by atoms with Crippen LogP contribution in [0.4, 0.5) is 0 Å². The number of rotatable bonds is 11. The Labute approximate surface area is 384 Å². The number of carbonyl (C=O) groups excluding carboxylic acids is 4. The molecule has 2 aliphatic rings. The molecule has 0 bridgehead atoms. The van der Waals surface area contributed by atoms with Gasteiger partial charge in [-0.15, -0.1) is 32.9 Å². The third-order valence-corrected chi connectivity index (χ3v) is 14.3. The topological polar surface area (TPSA) is 199 Å². The molecule has 65 heavy (non-hydrogen) atoms. The number of β-amino-alcohol motifs (C(OH)–C–C–N with tert-alkyl or cyclic N) is 1. The highest BCUT2D eigenvalue weighted by atomic mass is 32.1. The van der Waals surface area contributed by atoms with Crippen LogP contribution in [0.25, 0.3) is 21.1 Å². The highest BCUT2D eigenvalue weighted by Gasteiger charge is 2.45. The summed E-state index contributed by atoms with van der Waals surface area (Å²) >= 11 is 3.19. The van der Waals surface area contributed by atoms with E-state index in [9.17, 15) is 24.3 Å². The van der Waals surface area contributed by atoms with Crippen LogP contribution in [0.15, 0.2) is 71.3 Å². The molecule has 0 saturated carbocycles. The standard InChI is InChI=1S/C47H52N10O6S2/c1-24-27(4)65-46-38(24)39(50-35(21-37(59)63-9)42-53-52-28(5)57(42)46)30-14-16-32(17-15-30)56-19-18-34(54-56)43(60)51-41(47(6,7)8)45(62)55-22-33(58)20-36(55)44(61)49-25(2)29-10-12-31(13-11-29)40-26(3)48-23-64-40/h10-19,23,25,33,35-36,41,58H,20-22H2,1-9H3,(H,49,61)(H,51,60)/t25-,33+,35?,36-,41?/m0/s1. The molecular weight excluding hydrogens is 865 g/mol. The zero-order valence-electron chi connectivity index (χ0n) is 37.7. The first kappa shape index (κ1) is 45.2. The molecular formula is C47H52N10O6S2. The monoisotopic (exact) mass is 916 g/mol. The van der Waals surface area contributed by atoms with Crippen molar-refractivity contribution in [3.8, 4) is 21.1 Å². The normalized spacial score (nSPS) is 18.0. The van der Waals surface area contributed by atoms with Gasteiger partial charge in [-0.05, 0) is 74.9 Å². The number of esters is 1. The number of aliphatic hydroxyl groups excluding tert-OH is 1. The van der Waals surface area contributed by atoms with Gasteiger partial charge in [-0.25, -0.2) is 9.67 Å². The van der Waals surface area contributed by atoms with E-state index in [-0.39, 0.29) is 37.0 Å². The Morgan fingerprint density at radius 2 is 1.66 bits per heavy atom. The van der Waals surface area contributed by atoms with Gasteiger partial charge in [-0.3, -0.25) is 28.7 Å². The van der Waals surface area contributed by atoms with E-state index in [1.54, 1.807) is 39.6 Å². The minimum atomic E-state index is -1.05. The number of hydrogen-bond acceptors (Lipinski definition) is 13. The molecule has 2 unspecified atom stereocenters. The van der Waals surface area contributed by atoms with Crippen LogP contribution in [-0.2, 0) is 19.1 Å². The number of thiazole rings is 1. The molecule has 3 amide bonds. The summed E-state index contributed by atoms with van der Waals surface area (Å²) in [4.78, 5) is 67.7. The van der Waals surface area contributed by atoms with E-state index in [0.29, 0.717) is 23.0 Å². The maximum Gasteiger partial charge on any atom is 0.308 e. The summed E-state index contributed by atoms with van der Waals surface area (Å²) in [6, 6.07) is 14.1. The lowest BCUT2D eigenvalue weighted by Gasteiger charge is -2.35. The molecule has 6 heterocycles. The molecule has 0 spiro atoms. The second-order valence-corrected chi connectivity index (χ2v) is 19.7. The first-order valence-corrected chi connectivity index (χ1v) is 23.1. The molecule has 338 valence electrons. The molecule has 18 heteroatoms. The fraction of sp³-hybridized carbons (Fsp3) is 0.383. The zero-order valence-corrected chi connectivity index (χ0v) is 39.4. The molecule has 0 radical (unpaired) electrons. The van der Waals surface area contributed by atoms with Gasteiger partial charge >= 0.3 is 5.97 Å². The van der Waals surface area contributed by atoms with E-state index in [2.05, 4.69) is 44.8 Å². The molecule has 2 aliphatic heterocycles. The van der Waals surface area contributed by atoms with E-state index < -0.39 is 47.4 Å². The van der Waals surface area contributed by atoms with Crippen LogP contribution in [0, 0.1) is 33.1 Å². The van der Waals surface area contributed by atoms with Crippen molar-refractivity contribution in [2.45, 2.75) is 98.5 Å². The number of hydrogen-bond donors (Lipinski definition) is 3. The van der Waals surface area contributed by atoms with Crippen molar-refractivity contribution in [1.29, 1.82) is 0 Å². The predicted molar refractivity (Wildman–Crippen MR) is 248 cm³/mol. The lowest BCUT2D eigenvalue weighted by atomic mass is 9.85. The molecule has 1 saturated heterocycles. The number of aryl methyl sites for hydroxylation is 3. The van der Waals surface area contributed by atoms with Crippen LogP contribution in [0.2, 0.25) is 0 Å². The van der Waals surface area contributed by atoms with Gasteiger partial charge in [-0.2, -0.15) is 5.10 Å². The summed E-state index contributed by atoms with van der Waals surface area (Å²) in [6.07, 6.45) is 0.813. The van der Waals surface area contributed by atoms with Crippen LogP contribution in [-0.4, -0.2) is 101 Å². The van der Waals surface area contributed by atoms with Crippen LogP contribution in [0.3, 0.4) is 0 Å². The quantitative estimate of drug-likeness (QED) is 0.124. The minimum absolute atomic E-state index is 0.0109. The Morgan fingerprint density at radius 3 is 2.32 bits per heavy atom. The third kappa shape index (κ3) is 8.89. The summed E-state index contributed by atoms with van der Waals surface area (Å²) < 4.78 is 8.57. The highest BCUT2D eigenvalue weighted by Crippen LogP contribution is 2.40. The van der Waals surface area contributed by atoms with Crippen molar-refractivity contribution in [2.75, 3.05) is 13.7 Å². The summed E-state index contributed by atoms with van der Waals surface area (Å²) in [5, 5.41) is 31.0. The van der Waals surface area contributed by atoms with Gasteiger partial charge in [0.15, 0.2) is 11.5 Å². The summed E-state index contributed by atoms with van der Waals surface area (Å²) in [5.74, 6) is -0.589. The van der Waals surface area contributed by atoms with Crippen molar-refractivity contribution in [3.05, 3.63) is 116 Å². The number of likely N-dealkylation sites (tertiary alicyclic amines) is 1. The van der Waals surface area contributed by atoms with Gasteiger partial charge in [0.1, 0.15) is 29.0 Å². The SMILES string of the molecule is COC(=O)CC1N=C(c2ccc(-n3ccc(C(=O)NC(C(=O)N4C[C@H](O)C[C@H]4C(=O)N[C@@H](C)c4ccc(-c5scnc5C)cc4)C(C)(C)C)n3)cc2)c2c(sc(C)c2C)-n2c(C)nnc21. The van der Waals surface area contributed by atoms with Crippen molar-refractivity contribution < 1.29 is 29.0 Å². The van der Waals surface area contributed by atoms with E-state index in [1.807, 2.05) is 100 Å². The number of methoxy groups -OCH3 is 1. The molecule has 0 aliphatic carbocycles. The fourth-order valence-corrected chi connectivity index (χ4v) is 10.4. The van der Waals surface area contributed by atoms with Crippen LogP contribution in [0.1, 0.15) is 108 Å². The molecule has 3 N–H and O–H groups in total. The van der Waals surface area contributed by atoms with Crippen LogP contribution in [0.5, 0.6) is 0 Å². The molecule has 16 nitrogen and oxygen atoms in total. The molecule has 4 aromatic heterocycles. The number of aromatic nitrogens is 6. The Morgan fingerprint density at radius 1 is 0.954 bits per heavy atom. The van der Waals surface area contributed by atoms with E-state index >= 15 is 0 Å². The Balaban J connectivity index is 0.978. The summed E-state index contributed by atoms with van der Waals surface area (Å²) in [7, 11) is 1.35. The minimum Gasteiger partial charge on any atom is -0.469 e. The Bertz CT molecular complexity index is 2810. The fourth-order valence-electron chi connectivity index (χ4n) is 8.35. The second-order valence-electron chi connectivity index (χ2n) is 17.7. The van der Waals surface area contributed by atoms with Gasteiger partial charge in [0.05, 0.1) is 53.2 Å². The number of thiophene rings is 1. The van der Waals surface area contributed by atoms with E-state index in [4.69, 9.17) is 9.73 Å². The number of benzene rings is 2. The number of amides is 3. The van der Waals surface area contributed by atoms with Crippen molar-refractivity contribution in [1.82, 2.24) is 45.1 Å².